The molecule has 0 spiro atoms. The van der Waals surface area contributed by atoms with Gasteiger partial charge in [0.25, 0.3) is 0 Å². The number of nitrogens with zero attached hydrogens (tertiary/aromatic N) is 2. The Kier molecular flexibility index (Phi) is 5.01. The molecule has 5 heteroatoms. The Morgan fingerprint density at radius 3 is 2.54 bits per heavy atom. The maximum Gasteiger partial charge on any atom is 0.322 e. The van der Waals surface area contributed by atoms with Crippen molar-refractivity contribution in [1.29, 1.82) is 0 Å². The fourth-order valence-corrected chi connectivity index (χ4v) is 3.06. The molecule has 2 amide bonds. The Morgan fingerprint density at radius 2 is 1.79 bits per heavy atom. The first-order valence-electron chi connectivity index (χ1n) is 8.13. The number of hydrogen-bond donors (Lipinski definition) is 1. The number of rotatable bonds is 3. The second-order valence-corrected chi connectivity index (χ2v) is 6.01. The molecule has 0 aromatic heterocycles. The Labute approximate surface area is 142 Å². The molecule has 1 heterocycles. The standard InChI is InChI=1S/C19H23N3O2/c1-21-12-13-22(17(14-21)15-8-4-3-5-9-15)19(23)20-16-10-6-7-11-18(16)24-2/h3-11,17H,12-14H2,1-2H3,(H,20,23)/t17-/m0/s1. The third kappa shape index (κ3) is 3.51. The summed E-state index contributed by atoms with van der Waals surface area (Å²) in [6.07, 6.45) is 0. The summed E-state index contributed by atoms with van der Waals surface area (Å²) in [7, 11) is 3.69. The van der Waals surface area contributed by atoms with E-state index in [2.05, 4.69) is 29.4 Å². The first-order valence-corrected chi connectivity index (χ1v) is 8.13. The predicted molar refractivity (Wildman–Crippen MR) is 95.4 cm³/mol. The minimum Gasteiger partial charge on any atom is -0.495 e. The maximum atomic E-state index is 12.9. The van der Waals surface area contributed by atoms with Crippen molar-refractivity contribution in [1.82, 2.24) is 9.80 Å². The summed E-state index contributed by atoms with van der Waals surface area (Å²) >= 11 is 0. The van der Waals surface area contributed by atoms with Crippen molar-refractivity contribution in [3.05, 3.63) is 60.2 Å². The lowest BCUT2D eigenvalue weighted by molar-refractivity contribution is 0.116. The van der Waals surface area contributed by atoms with Gasteiger partial charge >= 0.3 is 6.03 Å². The summed E-state index contributed by atoms with van der Waals surface area (Å²) in [5.74, 6) is 0.663. The summed E-state index contributed by atoms with van der Waals surface area (Å²) in [5.41, 5.74) is 1.84. The highest BCUT2D eigenvalue weighted by molar-refractivity contribution is 5.91. The van der Waals surface area contributed by atoms with E-state index in [4.69, 9.17) is 4.74 Å². The van der Waals surface area contributed by atoms with E-state index in [1.165, 1.54) is 0 Å². The van der Waals surface area contributed by atoms with Crippen LogP contribution in [0.2, 0.25) is 0 Å². The highest BCUT2D eigenvalue weighted by Crippen LogP contribution is 2.28. The zero-order valence-electron chi connectivity index (χ0n) is 14.1. The zero-order valence-corrected chi connectivity index (χ0v) is 14.1. The van der Waals surface area contributed by atoms with Gasteiger partial charge in [-0.3, -0.25) is 0 Å². The molecule has 1 N–H and O–H groups in total. The van der Waals surface area contributed by atoms with E-state index in [-0.39, 0.29) is 12.1 Å². The van der Waals surface area contributed by atoms with Crippen molar-refractivity contribution in [2.24, 2.45) is 0 Å². The van der Waals surface area contributed by atoms with E-state index in [0.717, 1.165) is 18.7 Å². The molecule has 2 aromatic carbocycles. The quantitative estimate of drug-likeness (QED) is 0.942. The van der Waals surface area contributed by atoms with Crippen LogP contribution in [0.3, 0.4) is 0 Å². The number of amides is 2. The van der Waals surface area contributed by atoms with Gasteiger partial charge in [-0.15, -0.1) is 0 Å². The number of likely N-dealkylation sites (N-methyl/N-ethyl adjacent to an activating group) is 1. The molecule has 126 valence electrons. The Hall–Kier alpha value is -2.53. The van der Waals surface area contributed by atoms with Gasteiger partial charge < -0.3 is 19.9 Å². The molecule has 2 aromatic rings. The summed E-state index contributed by atoms with van der Waals surface area (Å²) in [5, 5.41) is 2.99. The van der Waals surface area contributed by atoms with Crippen molar-refractivity contribution in [3.63, 3.8) is 0 Å². The van der Waals surface area contributed by atoms with Crippen LogP contribution in [-0.4, -0.2) is 49.6 Å². The first kappa shape index (κ1) is 16.3. The molecule has 3 rings (SSSR count). The fourth-order valence-electron chi connectivity index (χ4n) is 3.06. The largest absolute Gasteiger partial charge is 0.495 e. The third-order valence-electron chi connectivity index (χ3n) is 4.38. The number of carbonyl (C=O) groups is 1. The highest BCUT2D eigenvalue weighted by Gasteiger charge is 2.30. The molecule has 1 atom stereocenters. The monoisotopic (exact) mass is 325 g/mol. The van der Waals surface area contributed by atoms with Crippen LogP contribution in [0.4, 0.5) is 10.5 Å². The minimum atomic E-state index is -0.0959. The number of anilines is 1. The molecular formula is C19H23N3O2. The van der Waals surface area contributed by atoms with Crippen LogP contribution in [0.15, 0.2) is 54.6 Å². The van der Waals surface area contributed by atoms with E-state index in [9.17, 15) is 4.79 Å². The van der Waals surface area contributed by atoms with Crippen LogP contribution in [0.1, 0.15) is 11.6 Å². The number of urea groups is 1. The average molecular weight is 325 g/mol. The molecule has 0 unspecified atom stereocenters. The second kappa shape index (κ2) is 7.36. The summed E-state index contributed by atoms with van der Waals surface area (Å²) in [6.45, 7) is 2.38. The molecule has 24 heavy (non-hydrogen) atoms. The molecule has 1 aliphatic heterocycles. The zero-order chi connectivity index (χ0) is 16.9. The summed E-state index contributed by atoms with van der Waals surface area (Å²) < 4.78 is 5.32. The number of ether oxygens (including phenoxy) is 1. The number of carbonyl (C=O) groups excluding carboxylic acids is 1. The number of hydrogen-bond acceptors (Lipinski definition) is 3. The van der Waals surface area contributed by atoms with Crippen LogP contribution in [0.5, 0.6) is 5.75 Å². The third-order valence-corrected chi connectivity index (χ3v) is 4.38. The summed E-state index contributed by atoms with van der Waals surface area (Å²) in [4.78, 5) is 17.0. The van der Waals surface area contributed by atoms with Crippen LogP contribution < -0.4 is 10.1 Å². The fraction of sp³-hybridized carbons (Fsp3) is 0.316. The molecule has 1 saturated heterocycles. The predicted octanol–water partition coefficient (Wildman–Crippen LogP) is 3.22. The lowest BCUT2D eigenvalue weighted by Crippen LogP contribution is -2.50. The van der Waals surface area contributed by atoms with Crippen LogP contribution in [-0.2, 0) is 0 Å². The van der Waals surface area contributed by atoms with E-state index >= 15 is 0 Å². The Bertz CT molecular complexity index is 690. The van der Waals surface area contributed by atoms with Crippen molar-refractivity contribution in [2.45, 2.75) is 6.04 Å². The van der Waals surface area contributed by atoms with Gasteiger partial charge in [0.15, 0.2) is 0 Å². The maximum absolute atomic E-state index is 12.9. The van der Waals surface area contributed by atoms with Crippen LogP contribution in [0, 0.1) is 0 Å². The van der Waals surface area contributed by atoms with E-state index < -0.39 is 0 Å². The van der Waals surface area contributed by atoms with Gasteiger partial charge in [0, 0.05) is 19.6 Å². The lowest BCUT2D eigenvalue weighted by atomic mass is 10.0. The molecular weight excluding hydrogens is 302 g/mol. The number of methoxy groups -OCH3 is 1. The Morgan fingerprint density at radius 1 is 1.08 bits per heavy atom. The smallest absolute Gasteiger partial charge is 0.322 e. The molecule has 0 radical (unpaired) electrons. The van der Waals surface area contributed by atoms with Gasteiger partial charge in [0.1, 0.15) is 5.75 Å². The normalized spacial score (nSPS) is 18.2. The molecule has 1 aliphatic rings. The minimum absolute atomic E-state index is 0.0413. The highest BCUT2D eigenvalue weighted by atomic mass is 16.5. The van der Waals surface area contributed by atoms with Gasteiger partial charge in [-0.1, -0.05) is 42.5 Å². The van der Waals surface area contributed by atoms with E-state index in [1.807, 2.05) is 47.4 Å². The first-order chi connectivity index (χ1) is 11.7. The molecule has 5 nitrogen and oxygen atoms in total. The van der Waals surface area contributed by atoms with E-state index in [0.29, 0.717) is 18.0 Å². The average Bonchev–Trinajstić information content (AvgIpc) is 2.62. The topological polar surface area (TPSA) is 44.8 Å². The number of para-hydroxylation sites is 2. The van der Waals surface area contributed by atoms with Gasteiger partial charge in [-0.2, -0.15) is 0 Å². The molecule has 0 aliphatic carbocycles. The second-order valence-electron chi connectivity index (χ2n) is 6.01. The van der Waals surface area contributed by atoms with Crippen LogP contribution >= 0.6 is 0 Å². The van der Waals surface area contributed by atoms with E-state index in [1.54, 1.807) is 7.11 Å². The van der Waals surface area contributed by atoms with Crippen LogP contribution in [0.25, 0.3) is 0 Å². The van der Waals surface area contributed by atoms with Crippen molar-refractivity contribution in [2.75, 3.05) is 39.1 Å². The Balaban J connectivity index is 1.81. The number of benzene rings is 2. The molecule has 1 fully saturated rings. The molecule has 0 saturated carbocycles. The summed E-state index contributed by atoms with van der Waals surface area (Å²) in [6, 6.07) is 17.6. The van der Waals surface area contributed by atoms with Gasteiger partial charge in [-0.05, 0) is 24.7 Å². The van der Waals surface area contributed by atoms with Crippen molar-refractivity contribution < 1.29 is 9.53 Å². The van der Waals surface area contributed by atoms with Gasteiger partial charge in [-0.25, -0.2) is 4.79 Å². The lowest BCUT2D eigenvalue weighted by Gasteiger charge is -2.40. The molecule has 0 bridgehead atoms. The van der Waals surface area contributed by atoms with Crippen molar-refractivity contribution >= 4 is 11.7 Å². The van der Waals surface area contributed by atoms with Crippen molar-refractivity contribution in [3.8, 4) is 5.75 Å². The number of piperazine rings is 1. The van der Waals surface area contributed by atoms with Gasteiger partial charge in [0.2, 0.25) is 0 Å². The number of nitrogens with one attached hydrogen (secondary N) is 1. The SMILES string of the molecule is COc1ccccc1NC(=O)N1CCN(C)C[C@H]1c1ccccc1. The van der Waals surface area contributed by atoms with Gasteiger partial charge in [0.05, 0.1) is 18.8 Å².